The molecule has 14 nitrogen and oxygen atoms in total. The first-order chi connectivity index (χ1) is 8.29. The lowest BCUT2D eigenvalue weighted by Gasteiger charge is -2.25. The molecule has 132 valence electrons. The first-order valence-electron chi connectivity index (χ1n) is 4.46. The topological polar surface area (TPSA) is 312 Å². The van der Waals surface area contributed by atoms with Gasteiger partial charge in [-0.2, -0.15) is 0 Å². The Morgan fingerprint density at radius 2 is 1.14 bits per heavy atom. The molecule has 21 heavy (non-hydrogen) atoms. The number of carboxylic acid groups (broad SMARTS) is 1. The average molecular weight is 343 g/mol. The fourth-order valence-electron chi connectivity index (χ4n) is 0.737. The van der Waals surface area contributed by atoms with Crippen molar-refractivity contribution in [1.82, 2.24) is 12.3 Å². The molecule has 0 bridgehead atoms. The zero-order chi connectivity index (χ0) is 16.0. The summed E-state index contributed by atoms with van der Waals surface area (Å²) in [6, 6.07) is 0. The molecule has 0 aliphatic carbocycles. The van der Waals surface area contributed by atoms with Crippen molar-refractivity contribution in [2.45, 2.75) is 30.6 Å². The van der Waals surface area contributed by atoms with Gasteiger partial charge in [0.1, 0.15) is 24.5 Å². The highest BCUT2D eigenvalue weighted by atomic mass is 31.2. The van der Waals surface area contributed by atoms with Crippen molar-refractivity contribution < 1.29 is 54.7 Å². The van der Waals surface area contributed by atoms with Gasteiger partial charge in [0.25, 0.3) is 0 Å². The lowest BCUT2D eigenvalue weighted by molar-refractivity contribution is -0.167. The Morgan fingerprint density at radius 3 is 1.33 bits per heavy atom. The average Bonchev–Trinajstić information content (AvgIpc) is 2.22. The highest BCUT2D eigenvalue weighted by Gasteiger charge is 2.36. The third-order valence-electron chi connectivity index (χ3n) is 1.63. The smallest absolute Gasteiger partial charge is 0.466 e. The van der Waals surface area contributed by atoms with Crippen LogP contribution in [0.15, 0.2) is 0 Å². The minimum absolute atomic E-state index is 0. The fourth-order valence-corrected chi connectivity index (χ4v) is 0.737. The van der Waals surface area contributed by atoms with Crippen LogP contribution in [0.5, 0.6) is 0 Å². The maximum atomic E-state index is 10.1. The summed E-state index contributed by atoms with van der Waals surface area (Å²) in [5, 5.41) is 52.5. The number of rotatable bonds is 5. The molecular formula is C6H22N3O11P. The van der Waals surface area contributed by atoms with Gasteiger partial charge in [-0.1, -0.05) is 0 Å². The highest BCUT2D eigenvalue weighted by molar-refractivity contribution is 7.45. The normalized spacial score (nSPS) is 17.6. The summed E-state index contributed by atoms with van der Waals surface area (Å²) in [6.07, 6.45) is -10.3. The van der Waals surface area contributed by atoms with E-state index in [-0.39, 0.29) is 12.3 Å². The number of carboxylic acids is 1. The van der Waals surface area contributed by atoms with Gasteiger partial charge >= 0.3 is 13.8 Å². The zero-order valence-electron chi connectivity index (χ0n) is 10.7. The molecule has 15 heteroatoms. The van der Waals surface area contributed by atoms with Crippen LogP contribution >= 0.6 is 7.82 Å². The summed E-state index contributed by atoms with van der Waals surface area (Å²) in [4.78, 5) is 31.7. The van der Waals surface area contributed by atoms with Crippen LogP contribution in [-0.4, -0.2) is 81.9 Å². The van der Waals surface area contributed by atoms with E-state index in [0.717, 1.165) is 0 Å². The van der Waals surface area contributed by atoms with Crippen LogP contribution in [0.25, 0.3) is 0 Å². The minimum atomic E-state index is -4.64. The number of carbonyl (C=O) groups is 1. The van der Waals surface area contributed by atoms with Crippen LogP contribution < -0.4 is 18.0 Å². The molecule has 0 spiro atoms. The molecule has 0 aromatic heterocycles. The molecule has 1 unspecified atom stereocenters. The van der Waals surface area contributed by atoms with Crippen LogP contribution in [0, 0.1) is 0 Å². The van der Waals surface area contributed by atoms with Gasteiger partial charge < -0.3 is 63.4 Å². The largest absolute Gasteiger partial charge is 0.479 e. The Balaban J connectivity index is -0.000000179. The van der Waals surface area contributed by atoms with Crippen molar-refractivity contribution in [1.29, 1.82) is 0 Å². The summed E-state index contributed by atoms with van der Waals surface area (Å²) < 4.78 is 8.88. The van der Waals surface area contributed by atoms with Crippen LogP contribution in [0.3, 0.4) is 0 Å². The fraction of sp³-hybridized carbons (Fsp3) is 0.833. The van der Waals surface area contributed by atoms with E-state index in [4.69, 9.17) is 55.6 Å². The van der Waals surface area contributed by atoms with Gasteiger partial charge in [0, 0.05) is 0 Å². The number of nitrogens with two attached hydrogens (primary N) is 1. The number of hydrogen-bond donors (Lipinski definition) is 12. The molecule has 0 aliphatic rings. The standard InChI is InChI=1S/C6H13NO7.2H3N.H3O4P/c7-5(12)3(10)1(8)2(9)4(11)6(13)14;;;1-5(2,3)4/h1-5,8-12H,7H2,(H,13,14);2*1H3;(H3,1,2,3,4)/t1-,2-,3-,4+,5?;;;/m0.../s1. The van der Waals surface area contributed by atoms with E-state index < -0.39 is 44.4 Å². The van der Waals surface area contributed by atoms with Gasteiger partial charge in [-0.05, 0) is 0 Å². The second kappa shape index (κ2) is 11.9. The molecule has 0 aromatic rings. The second-order valence-electron chi connectivity index (χ2n) is 3.26. The second-order valence-corrected chi connectivity index (χ2v) is 4.29. The van der Waals surface area contributed by atoms with Crippen LogP contribution in [0.4, 0.5) is 0 Å². The number of hydrogen-bond acceptors (Lipinski definition) is 10. The summed E-state index contributed by atoms with van der Waals surface area (Å²) in [6.45, 7) is 0. The molecule has 0 saturated heterocycles. The Hall–Kier alpha value is -0.740. The monoisotopic (exact) mass is 343 g/mol. The maximum absolute atomic E-state index is 10.1. The van der Waals surface area contributed by atoms with E-state index >= 15 is 0 Å². The number of aliphatic hydroxyl groups is 5. The van der Waals surface area contributed by atoms with E-state index in [1.807, 2.05) is 0 Å². The molecule has 0 radical (unpaired) electrons. The summed E-state index contributed by atoms with van der Waals surface area (Å²) in [7, 11) is -4.64. The Bertz CT molecular complexity index is 315. The van der Waals surface area contributed by atoms with Crippen LogP contribution in [0.1, 0.15) is 0 Å². The van der Waals surface area contributed by atoms with E-state index in [1.54, 1.807) is 0 Å². The molecule has 17 N–H and O–H groups in total. The van der Waals surface area contributed by atoms with E-state index in [1.165, 1.54) is 0 Å². The van der Waals surface area contributed by atoms with Crippen molar-refractivity contribution in [3.05, 3.63) is 0 Å². The summed E-state index contributed by atoms with van der Waals surface area (Å²) in [5.74, 6) is -1.77. The van der Waals surface area contributed by atoms with Gasteiger partial charge in [-0.15, -0.1) is 0 Å². The Kier molecular flexibility index (Phi) is 16.1. The third-order valence-corrected chi connectivity index (χ3v) is 1.63. The quantitative estimate of drug-likeness (QED) is 0.164. The summed E-state index contributed by atoms with van der Waals surface area (Å²) in [5.41, 5.74) is 4.76. The summed E-state index contributed by atoms with van der Waals surface area (Å²) >= 11 is 0. The van der Waals surface area contributed by atoms with Gasteiger partial charge in [-0.25, -0.2) is 9.36 Å². The van der Waals surface area contributed by atoms with Crippen molar-refractivity contribution in [3.63, 3.8) is 0 Å². The van der Waals surface area contributed by atoms with Crippen molar-refractivity contribution >= 4 is 13.8 Å². The number of aliphatic hydroxyl groups excluding tert-OH is 5. The van der Waals surface area contributed by atoms with E-state index in [2.05, 4.69) is 0 Å². The Morgan fingerprint density at radius 1 is 0.857 bits per heavy atom. The van der Waals surface area contributed by atoms with Crippen molar-refractivity contribution in [2.24, 2.45) is 5.73 Å². The van der Waals surface area contributed by atoms with Crippen molar-refractivity contribution in [2.75, 3.05) is 0 Å². The SMILES string of the molecule is N.N.NC(O)[C@@H](O)[C@@H](O)[C@H](O)[C@@H](O)C(=O)O.O=P(O)(O)O. The van der Waals surface area contributed by atoms with Gasteiger partial charge in [-0.3, -0.25) is 0 Å². The molecular weight excluding hydrogens is 321 g/mol. The lowest BCUT2D eigenvalue weighted by Crippen LogP contribution is -2.53. The predicted molar refractivity (Wildman–Crippen MR) is 66.2 cm³/mol. The van der Waals surface area contributed by atoms with Crippen LogP contribution in [-0.2, 0) is 9.36 Å². The first-order valence-corrected chi connectivity index (χ1v) is 6.02. The van der Waals surface area contributed by atoms with Gasteiger partial charge in [0.05, 0.1) is 0 Å². The van der Waals surface area contributed by atoms with E-state index in [0.29, 0.717) is 0 Å². The zero-order valence-corrected chi connectivity index (χ0v) is 11.6. The van der Waals surface area contributed by atoms with Crippen LogP contribution in [0.2, 0.25) is 0 Å². The molecule has 0 heterocycles. The molecule has 0 amide bonds. The maximum Gasteiger partial charge on any atom is 0.466 e. The first kappa shape index (κ1) is 28.4. The van der Waals surface area contributed by atoms with Gasteiger partial charge in [0.2, 0.25) is 0 Å². The molecule has 0 aliphatic heterocycles. The highest BCUT2D eigenvalue weighted by Crippen LogP contribution is 2.25. The third kappa shape index (κ3) is 15.5. The Labute approximate surface area is 118 Å². The number of phosphoric acid groups is 1. The van der Waals surface area contributed by atoms with Gasteiger partial charge in [0.15, 0.2) is 6.10 Å². The molecule has 0 rings (SSSR count). The van der Waals surface area contributed by atoms with E-state index in [9.17, 15) is 4.79 Å². The number of aliphatic carboxylic acids is 1. The minimum Gasteiger partial charge on any atom is -0.479 e. The predicted octanol–water partition coefficient (Wildman–Crippen LogP) is -4.81. The molecule has 0 fully saturated rings. The molecule has 5 atom stereocenters. The van der Waals surface area contributed by atoms with Crippen molar-refractivity contribution in [3.8, 4) is 0 Å². The molecule has 0 saturated carbocycles. The molecule has 0 aromatic carbocycles. The lowest BCUT2D eigenvalue weighted by atomic mass is 10.0.